The highest BCUT2D eigenvalue weighted by Crippen LogP contribution is 2.41. The Morgan fingerprint density at radius 2 is 1.11 bits per heavy atom. The van der Waals surface area contributed by atoms with Gasteiger partial charge in [0, 0.05) is 0 Å². The molecule has 35 heavy (non-hydrogen) atoms. The first-order valence-electron chi connectivity index (χ1n) is 12.6. The Balaban J connectivity index is 2.86. The summed E-state index contributed by atoms with van der Waals surface area (Å²) in [5, 5.41) is -1.61. The van der Waals surface area contributed by atoms with E-state index in [1.165, 1.54) is 0 Å². The van der Waals surface area contributed by atoms with Crippen molar-refractivity contribution in [1.82, 2.24) is 0 Å². The van der Waals surface area contributed by atoms with Gasteiger partial charge in [0.1, 0.15) is 5.75 Å². The van der Waals surface area contributed by atoms with Crippen LogP contribution in [-0.4, -0.2) is 14.3 Å². The molecule has 2 aromatic rings. The molecule has 0 aromatic heterocycles. The molecule has 0 saturated heterocycles. The van der Waals surface area contributed by atoms with Crippen molar-refractivity contribution in [2.75, 3.05) is 0 Å². The number of rotatable bonds is 10. The summed E-state index contributed by atoms with van der Waals surface area (Å²) in [7, 11) is -4.46. The van der Waals surface area contributed by atoms with Crippen LogP contribution < -0.4 is 9.92 Å². The van der Waals surface area contributed by atoms with Crippen molar-refractivity contribution in [2.45, 2.75) is 104 Å². The Morgan fingerprint density at radius 1 is 0.714 bits per heavy atom. The van der Waals surface area contributed by atoms with Gasteiger partial charge in [-0.05, 0) is 63.0 Å². The lowest BCUT2D eigenvalue weighted by Gasteiger charge is -2.28. The molecule has 0 fully saturated rings. The smallest absolute Gasteiger partial charge is 0.325 e. The van der Waals surface area contributed by atoms with E-state index in [0.29, 0.717) is 11.3 Å². The third kappa shape index (κ3) is 6.27. The molecule has 2 N–H and O–H groups in total. The summed E-state index contributed by atoms with van der Waals surface area (Å²) in [6.07, 6.45) is 0. The van der Waals surface area contributed by atoms with Crippen LogP contribution in [0.15, 0.2) is 30.3 Å². The van der Waals surface area contributed by atoms with Gasteiger partial charge in [0.2, 0.25) is 11.2 Å². The Hall–Kier alpha value is -2.34. The molecule has 0 heterocycles. The zero-order valence-corrected chi connectivity index (χ0v) is 23.8. The first kappa shape index (κ1) is 28.9. The summed E-state index contributed by atoms with van der Waals surface area (Å²) in [6, 6.07) is 9.69. The van der Waals surface area contributed by atoms with Crippen LogP contribution in [0.4, 0.5) is 0 Å². The highest BCUT2D eigenvalue weighted by atomic mass is 32.2. The van der Waals surface area contributed by atoms with Crippen molar-refractivity contribution in [3.8, 4) is 5.75 Å². The Labute approximate surface area is 212 Å². The SMILES string of the molecule is CC(C)c1cc(C(C)C)c(C(C(N)=O)S(=O)(=O)Oc2c(C(C)C)cccc2C(C)C)c(C(C)C)c1. The van der Waals surface area contributed by atoms with Crippen molar-refractivity contribution in [3.05, 3.63) is 63.7 Å². The van der Waals surface area contributed by atoms with Gasteiger partial charge in [-0.15, -0.1) is 0 Å². The molecule has 0 saturated carbocycles. The van der Waals surface area contributed by atoms with Crippen molar-refractivity contribution in [2.24, 2.45) is 5.73 Å². The van der Waals surface area contributed by atoms with Crippen LogP contribution in [0.2, 0.25) is 0 Å². The Kier molecular flexibility index (Phi) is 9.21. The molecular weight excluding hydrogens is 458 g/mol. The summed E-state index contributed by atoms with van der Waals surface area (Å²) >= 11 is 0. The van der Waals surface area contributed by atoms with E-state index in [4.69, 9.17) is 9.92 Å². The topological polar surface area (TPSA) is 86.5 Å². The number of hydrogen-bond acceptors (Lipinski definition) is 4. The number of carbonyl (C=O) groups is 1. The van der Waals surface area contributed by atoms with Crippen LogP contribution in [0.1, 0.15) is 137 Å². The van der Waals surface area contributed by atoms with Gasteiger partial charge in [-0.3, -0.25) is 4.79 Å². The molecule has 1 atom stereocenters. The largest absolute Gasteiger partial charge is 0.381 e. The van der Waals surface area contributed by atoms with Gasteiger partial charge in [0.05, 0.1) is 0 Å². The number of carbonyl (C=O) groups excluding carboxylic acids is 1. The molecule has 0 aliphatic rings. The number of benzene rings is 2. The molecule has 2 rings (SSSR count). The van der Waals surface area contributed by atoms with Gasteiger partial charge in [-0.25, -0.2) is 0 Å². The summed E-state index contributed by atoms with van der Waals surface area (Å²) in [6.45, 7) is 20.2. The number of hydrogen-bond donors (Lipinski definition) is 1. The number of nitrogens with two attached hydrogens (primary N) is 1. The maximum absolute atomic E-state index is 13.9. The summed E-state index contributed by atoms with van der Waals surface area (Å²) in [5.74, 6) is -0.313. The molecule has 0 bridgehead atoms. The van der Waals surface area contributed by atoms with Crippen LogP contribution in [0.5, 0.6) is 5.75 Å². The van der Waals surface area contributed by atoms with E-state index in [2.05, 4.69) is 13.8 Å². The zero-order chi connectivity index (χ0) is 26.8. The van der Waals surface area contributed by atoms with E-state index < -0.39 is 21.3 Å². The molecular formula is C29H43NO4S. The third-order valence-electron chi connectivity index (χ3n) is 6.51. The molecule has 2 aromatic carbocycles. The van der Waals surface area contributed by atoms with Crippen molar-refractivity contribution < 1.29 is 17.4 Å². The molecule has 1 unspecified atom stereocenters. The number of amides is 1. The lowest BCUT2D eigenvalue weighted by molar-refractivity contribution is -0.117. The highest BCUT2D eigenvalue weighted by molar-refractivity contribution is 7.88. The highest BCUT2D eigenvalue weighted by Gasteiger charge is 2.40. The third-order valence-corrected chi connectivity index (χ3v) is 7.95. The number of primary amides is 1. The Bertz CT molecular complexity index is 1110. The van der Waals surface area contributed by atoms with Gasteiger partial charge in [0.15, 0.2) is 0 Å². The minimum absolute atomic E-state index is 0.00701. The predicted molar refractivity (Wildman–Crippen MR) is 145 cm³/mol. The van der Waals surface area contributed by atoms with E-state index in [0.717, 1.165) is 27.8 Å². The molecule has 0 radical (unpaired) electrons. The second-order valence-corrected chi connectivity index (χ2v) is 12.6. The quantitative estimate of drug-likeness (QED) is 0.348. The number of para-hydroxylation sites is 1. The fourth-order valence-corrected chi connectivity index (χ4v) is 5.85. The van der Waals surface area contributed by atoms with Gasteiger partial charge >= 0.3 is 10.1 Å². The van der Waals surface area contributed by atoms with Crippen molar-refractivity contribution in [3.63, 3.8) is 0 Å². The average molecular weight is 502 g/mol. The molecule has 194 valence electrons. The van der Waals surface area contributed by atoms with Crippen molar-refractivity contribution >= 4 is 16.0 Å². The summed E-state index contributed by atoms with van der Waals surface area (Å²) in [4.78, 5) is 12.9. The Morgan fingerprint density at radius 3 is 1.43 bits per heavy atom. The van der Waals surface area contributed by atoms with Gasteiger partial charge in [-0.1, -0.05) is 99.6 Å². The molecule has 0 aliphatic carbocycles. The standard InChI is InChI=1S/C29H43NO4S/c1-16(2)21-14-24(19(7)8)26(25(15-21)20(9)10)28(29(30)31)35(32,33)34-27-22(17(3)4)12-11-13-23(27)18(5)6/h11-20,28H,1-10H3,(H2,30,31). The van der Waals surface area contributed by atoms with Crippen LogP contribution >= 0.6 is 0 Å². The fourth-order valence-electron chi connectivity index (χ4n) is 4.49. The second kappa shape index (κ2) is 11.2. The van der Waals surface area contributed by atoms with Gasteiger partial charge in [-0.2, -0.15) is 8.42 Å². The van der Waals surface area contributed by atoms with Crippen LogP contribution in [0, 0.1) is 0 Å². The average Bonchev–Trinajstić information content (AvgIpc) is 2.72. The summed E-state index contributed by atoms with van der Waals surface area (Å²) < 4.78 is 33.8. The zero-order valence-electron chi connectivity index (χ0n) is 23.0. The lowest BCUT2D eigenvalue weighted by Crippen LogP contribution is -2.33. The second-order valence-electron chi connectivity index (χ2n) is 11.0. The van der Waals surface area contributed by atoms with Crippen LogP contribution in [0.3, 0.4) is 0 Å². The molecule has 0 aliphatic heterocycles. The maximum Gasteiger partial charge on any atom is 0.325 e. The fraction of sp³-hybridized carbons (Fsp3) is 0.552. The molecule has 1 amide bonds. The first-order chi connectivity index (χ1) is 16.1. The van der Waals surface area contributed by atoms with E-state index in [1.807, 2.05) is 85.7 Å². The first-order valence-corrected chi connectivity index (χ1v) is 14.1. The molecule has 5 nitrogen and oxygen atoms in total. The van der Waals surface area contributed by atoms with E-state index in [-0.39, 0.29) is 29.6 Å². The monoisotopic (exact) mass is 501 g/mol. The maximum atomic E-state index is 13.9. The summed E-state index contributed by atoms with van der Waals surface area (Å²) in [5.41, 5.74) is 10.6. The van der Waals surface area contributed by atoms with Crippen LogP contribution in [0.25, 0.3) is 0 Å². The van der Waals surface area contributed by atoms with Crippen molar-refractivity contribution in [1.29, 1.82) is 0 Å². The minimum atomic E-state index is -4.46. The minimum Gasteiger partial charge on any atom is -0.381 e. The van der Waals surface area contributed by atoms with Gasteiger partial charge < -0.3 is 9.92 Å². The molecule has 6 heteroatoms. The van der Waals surface area contributed by atoms with E-state index in [1.54, 1.807) is 0 Å². The van der Waals surface area contributed by atoms with E-state index in [9.17, 15) is 13.2 Å². The van der Waals surface area contributed by atoms with Gasteiger partial charge in [0.25, 0.3) is 0 Å². The van der Waals surface area contributed by atoms with Crippen LogP contribution in [-0.2, 0) is 14.9 Å². The van der Waals surface area contributed by atoms with E-state index >= 15 is 0 Å². The lowest BCUT2D eigenvalue weighted by atomic mass is 9.83. The molecule has 0 spiro atoms. The predicted octanol–water partition coefficient (Wildman–Crippen LogP) is 7.24. The normalized spacial score (nSPS) is 13.3.